The Morgan fingerprint density at radius 3 is 2.50 bits per heavy atom. The molecule has 0 N–H and O–H groups in total. The van der Waals surface area contributed by atoms with Gasteiger partial charge in [0, 0.05) is 5.56 Å². The minimum Gasteiger partial charge on any atom is -0.496 e. The molecule has 30 heavy (non-hydrogen) atoms. The number of hydrogen-bond donors (Lipinski definition) is 0. The number of thiazole rings is 1. The van der Waals surface area contributed by atoms with E-state index in [2.05, 4.69) is 4.99 Å². The van der Waals surface area contributed by atoms with Crippen LogP contribution in [0.3, 0.4) is 0 Å². The van der Waals surface area contributed by atoms with Gasteiger partial charge < -0.3 is 9.47 Å². The van der Waals surface area contributed by atoms with Crippen molar-refractivity contribution < 1.29 is 14.3 Å². The molecule has 0 aliphatic carbocycles. The lowest BCUT2D eigenvalue weighted by molar-refractivity contribution is -0.136. The van der Waals surface area contributed by atoms with Crippen molar-refractivity contribution in [3.8, 4) is 5.75 Å². The Hall–Kier alpha value is -3.45. The normalized spacial score (nSPS) is 16.1. The number of ether oxygens (including phenoxy) is 2. The summed E-state index contributed by atoms with van der Waals surface area (Å²) in [5.74, 6) is 0.179. The van der Waals surface area contributed by atoms with Crippen LogP contribution in [0.15, 0.2) is 75.7 Å². The Labute approximate surface area is 177 Å². The number of carbonyl (C=O) groups excluding carboxylic acids is 1. The molecule has 3 aromatic rings. The SMILES string of the molecule is COC(=O)C1=C(C)N=c2s/c(=C\c3ccccc3OC)c(=O)n2[C@H]1c1ccccc1. The van der Waals surface area contributed by atoms with E-state index in [-0.39, 0.29) is 5.56 Å². The van der Waals surface area contributed by atoms with Gasteiger partial charge in [-0.15, -0.1) is 0 Å². The summed E-state index contributed by atoms with van der Waals surface area (Å²) >= 11 is 1.29. The zero-order valence-electron chi connectivity index (χ0n) is 16.8. The average molecular weight is 420 g/mol. The van der Waals surface area contributed by atoms with Crippen molar-refractivity contribution in [3.63, 3.8) is 0 Å². The summed E-state index contributed by atoms with van der Waals surface area (Å²) in [5, 5.41) is 0. The highest BCUT2D eigenvalue weighted by Crippen LogP contribution is 2.30. The summed E-state index contributed by atoms with van der Waals surface area (Å²) in [7, 11) is 2.92. The number of hydrogen-bond acceptors (Lipinski definition) is 6. The Bertz CT molecular complexity index is 1320. The van der Waals surface area contributed by atoms with E-state index in [1.165, 1.54) is 18.4 Å². The lowest BCUT2D eigenvalue weighted by atomic mass is 9.96. The van der Waals surface area contributed by atoms with Crippen LogP contribution in [0.4, 0.5) is 0 Å². The van der Waals surface area contributed by atoms with E-state index in [4.69, 9.17) is 9.47 Å². The summed E-state index contributed by atoms with van der Waals surface area (Å²) in [6.07, 6.45) is 1.79. The first-order valence-electron chi connectivity index (χ1n) is 9.34. The minimum atomic E-state index is -0.602. The Morgan fingerprint density at radius 1 is 1.10 bits per heavy atom. The van der Waals surface area contributed by atoms with Gasteiger partial charge in [-0.1, -0.05) is 59.9 Å². The number of fused-ring (bicyclic) bond motifs is 1. The molecule has 1 aliphatic rings. The predicted octanol–water partition coefficient (Wildman–Crippen LogP) is 2.42. The third-order valence-electron chi connectivity index (χ3n) is 4.97. The molecule has 0 radical (unpaired) electrons. The number of nitrogens with zero attached hydrogens (tertiary/aromatic N) is 2. The molecule has 2 heterocycles. The average Bonchev–Trinajstić information content (AvgIpc) is 3.07. The van der Waals surface area contributed by atoms with Crippen LogP contribution < -0.4 is 19.6 Å². The molecule has 152 valence electrons. The van der Waals surface area contributed by atoms with Crippen molar-refractivity contribution in [2.24, 2.45) is 4.99 Å². The van der Waals surface area contributed by atoms with Crippen LogP contribution in [-0.2, 0) is 9.53 Å². The van der Waals surface area contributed by atoms with Crippen LogP contribution in [0.5, 0.6) is 5.75 Å². The lowest BCUT2D eigenvalue weighted by Crippen LogP contribution is -2.39. The first-order chi connectivity index (χ1) is 14.5. The standard InChI is InChI=1S/C23H20N2O4S/c1-14-19(22(27)29-3)20(15-9-5-4-6-10-15)25-21(26)18(30-23(25)24-14)13-16-11-7-8-12-17(16)28-2/h4-13,20H,1-3H3/b18-13-/t20-/m0/s1. The van der Waals surface area contributed by atoms with Crippen LogP contribution in [-0.4, -0.2) is 24.8 Å². The van der Waals surface area contributed by atoms with Gasteiger partial charge in [0.2, 0.25) is 0 Å². The van der Waals surface area contributed by atoms with E-state index in [0.29, 0.717) is 26.4 Å². The number of allylic oxidation sites excluding steroid dienone is 1. The zero-order valence-corrected chi connectivity index (χ0v) is 17.6. The van der Waals surface area contributed by atoms with E-state index < -0.39 is 12.0 Å². The molecule has 4 rings (SSSR count). The maximum Gasteiger partial charge on any atom is 0.338 e. The highest BCUT2D eigenvalue weighted by molar-refractivity contribution is 7.07. The quantitative estimate of drug-likeness (QED) is 0.608. The van der Waals surface area contributed by atoms with E-state index in [0.717, 1.165) is 11.1 Å². The van der Waals surface area contributed by atoms with Crippen molar-refractivity contribution >= 4 is 23.4 Å². The second-order valence-corrected chi connectivity index (χ2v) is 7.74. The molecule has 0 bridgehead atoms. The summed E-state index contributed by atoms with van der Waals surface area (Å²) in [6.45, 7) is 1.76. The number of aromatic nitrogens is 1. The fourth-order valence-electron chi connectivity index (χ4n) is 3.57. The smallest absolute Gasteiger partial charge is 0.338 e. The molecule has 1 aromatic heterocycles. The monoisotopic (exact) mass is 420 g/mol. The number of esters is 1. The van der Waals surface area contributed by atoms with Crippen molar-refractivity contribution in [3.05, 3.63) is 96.7 Å². The summed E-state index contributed by atoms with van der Waals surface area (Å²) in [5.41, 5.74) is 2.30. The fourth-order valence-corrected chi connectivity index (χ4v) is 4.61. The minimum absolute atomic E-state index is 0.215. The van der Waals surface area contributed by atoms with Gasteiger partial charge in [0.25, 0.3) is 5.56 Å². The highest BCUT2D eigenvalue weighted by atomic mass is 32.1. The van der Waals surface area contributed by atoms with Gasteiger partial charge >= 0.3 is 5.97 Å². The molecule has 0 saturated heterocycles. The second-order valence-electron chi connectivity index (χ2n) is 6.73. The molecule has 0 saturated carbocycles. The van der Waals surface area contributed by atoms with Crippen molar-refractivity contribution in [1.82, 2.24) is 4.57 Å². The predicted molar refractivity (Wildman–Crippen MR) is 115 cm³/mol. The number of benzene rings is 2. The Kier molecular flexibility index (Phi) is 5.37. The summed E-state index contributed by atoms with van der Waals surface area (Å²) in [6, 6.07) is 16.3. The van der Waals surface area contributed by atoms with Crippen LogP contribution in [0.25, 0.3) is 6.08 Å². The molecule has 2 aromatic carbocycles. The third-order valence-corrected chi connectivity index (χ3v) is 5.95. The van der Waals surface area contributed by atoms with E-state index in [1.807, 2.05) is 54.6 Å². The maximum atomic E-state index is 13.4. The van der Waals surface area contributed by atoms with Gasteiger partial charge in [-0.2, -0.15) is 0 Å². The molecule has 6 nitrogen and oxygen atoms in total. The van der Waals surface area contributed by atoms with Gasteiger partial charge in [0.1, 0.15) is 5.75 Å². The Balaban J connectivity index is 1.99. The lowest BCUT2D eigenvalue weighted by Gasteiger charge is -2.24. The number of para-hydroxylation sites is 1. The number of rotatable bonds is 4. The van der Waals surface area contributed by atoms with Crippen LogP contribution in [0.2, 0.25) is 0 Å². The molecule has 0 spiro atoms. The number of carbonyl (C=O) groups is 1. The van der Waals surface area contributed by atoms with Gasteiger partial charge in [-0.05, 0) is 24.6 Å². The van der Waals surface area contributed by atoms with E-state index >= 15 is 0 Å². The maximum absolute atomic E-state index is 13.4. The van der Waals surface area contributed by atoms with Crippen molar-refractivity contribution in [1.29, 1.82) is 0 Å². The molecule has 0 amide bonds. The van der Waals surface area contributed by atoms with Crippen molar-refractivity contribution in [2.75, 3.05) is 14.2 Å². The molecule has 7 heteroatoms. The Morgan fingerprint density at radius 2 is 1.80 bits per heavy atom. The van der Waals surface area contributed by atoms with Crippen LogP contribution >= 0.6 is 11.3 Å². The summed E-state index contributed by atoms with van der Waals surface area (Å²) < 4.78 is 12.5. The topological polar surface area (TPSA) is 69.9 Å². The van der Waals surface area contributed by atoms with Gasteiger partial charge in [0.05, 0.1) is 36.1 Å². The molecule has 0 fully saturated rings. The van der Waals surface area contributed by atoms with Crippen LogP contribution in [0, 0.1) is 0 Å². The van der Waals surface area contributed by atoms with Crippen LogP contribution in [0.1, 0.15) is 24.1 Å². The first kappa shape index (κ1) is 19.8. The molecular weight excluding hydrogens is 400 g/mol. The molecule has 1 aliphatic heterocycles. The fraction of sp³-hybridized carbons (Fsp3) is 0.174. The van der Waals surface area contributed by atoms with E-state index in [9.17, 15) is 9.59 Å². The van der Waals surface area contributed by atoms with Gasteiger partial charge in [-0.3, -0.25) is 9.36 Å². The summed E-state index contributed by atoms with van der Waals surface area (Å²) in [4.78, 5) is 31.1. The number of methoxy groups -OCH3 is 2. The third kappa shape index (κ3) is 3.37. The molecule has 1 atom stereocenters. The van der Waals surface area contributed by atoms with Gasteiger partial charge in [-0.25, -0.2) is 9.79 Å². The van der Waals surface area contributed by atoms with Crippen molar-refractivity contribution in [2.45, 2.75) is 13.0 Å². The van der Waals surface area contributed by atoms with E-state index in [1.54, 1.807) is 24.7 Å². The highest BCUT2D eigenvalue weighted by Gasteiger charge is 2.32. The largest absolute Gasteiger partial charge is 0.496 e. The zero-order chi connectivity index (χ0) is 21.3. The molecular formula is C23H20N2O4S. The first-order valence-corrected chi connectivity index (χ1v) is 10.2. The van der Waals surface area contributed by atoms with Gasteiger partial charge in [0.15, 0.2) is 4.80 Å². The molecule has 0 unspecified atom stereocenters. The second kappa shape index (κ2) is 8.12.